The minimum absolute atomic E-state index is 0.0349. The number of benzene rings is 3. The van der Waals surface area contributed by atoms with Crippen LogP contribution in [-0.2, 0) is 0 Å². The van der Waals surface area contributed by atoms with Gasteiger partial charge in [0.05, 0.1) is 23.6 Å². The number of carbonyl (C=O) groups excluding carboxylic acids is 1. The van der Waals surface area contributed by atoms with E-state index in [9.17, 15) is 9.59 Å². The van der Waals surface area contributed by atoms with Crippen LogP contribution in [0.4, 0.5) is 5.69 Å². The third-order valence-corrected chi connectivity index (χ3v) is 6.90. The van der Waals surface area contributed by atoms with Crippen LogP contribution in [0.15, 0.2) is 91.5 Å². The van der Waals surface area contributed by atoms with Crippen LogP contribution in [0.2, 0.25) is 0 Å². The summed E-state index contributed by atoms with van der Waals surface area (Å²) >= 11 is 6.88. The molecular weight excluding hydrogens is 590 g/mol. The second kappa shape index (κ2) is 9.95. The van der Waals surface area contributed by atoms with Gasteiger partial charge in [0, 0.05) is 14.6 Å². The van der Waals surface area contributed by atoms with E-state index >= 15 is 0 Å². The van der Waals surface area contributed by atoms with Crippen LogP contribution in [0.1, 0.15) is 34.6 Å². The van der Waals surface area contributed by atoms with Crippen LogP contribution in [0.3, 0.4) is 0 Å². The molecule has 6 nitrogen and oxygen atoms in total. The van der Waals surface area contributed by atoms with Crippen molar-refractivity contribution in [3.05, 3.63) is 109 Å². The highest BCUT2D eigenvalue weighted by Crippen LogP contribution is 2.43. The first-order chi connectivity index (χ1) is 17.4. The molecule has 1 aromatic heterocycles. The molecule has 0 spiro atoms. The quantitative estimate of drug-likeness (QED) is 0.210. The first-order valence-corrected chi connectivity index (χ1v) is 12.9. The van der Waals surface area contributed by atoms with Gasteiger partial charge in [-0.2, -0.15) is 0 Å². The van der Waals surface area contributed by atoms with E-state index in [0.717, 1.165) is 8.95 Å². The van der Waals surface area contributed by atoms with Crippen molar-refractivity contribution < 1.29 is 18.7 Å². The molecule has 0 N–H and O–H groups in total. The van der Waals surface area contributed by atoms with Crippen LogP contribution < -0.4 is 19.8 Å². The lowest BCUT2D eigenvalue weighted by Crippen LogP contribution is -2.29. The molecule has 36 heavy (non-hydrogen) atoms. The molecule has 0 bridgehead atoms. The SMILES string of the molecule is C=CCOc1ccc(C2c3c(oc4ccc(Br)cc4c3=O)C(=O)N2c2ccc(Br)cc2)cc1OCC. The van der Waals surface area contributed by atoms with Gasteiger partial charge in [0.25, 0.3) is 5.91 Å². The number of hydrogen-bond donors (Lipinski definition) is 0. The van der Waals surface area contributed by atoms with Gasteiger partial charge in [-0.25, -0.2) is 0 Å². The maximum Gasteiger partial charge on any atom is 0.295 e. The van der Waals surface area contributed by atoms with Crippen molar-refractivity contribution in [2.75, 3.05) is 18.1 Å². The number of carbonyl (C=O) groups is 1. The fourth-order valence-electron chi connectivity index (χ4n) is 4.36. The van der Waals surface area contributed by atoms with Crippen LogP contribution >= 0.6 is 31.9 Å². The fraction of sp³-hybridized carbons (Fsp3) is 0.143. The van der Waals surface area contributed by atoms with E-state index in [2.05, 4.69) is 38.4 Å². The van der Waals surface area contributed by atoms with Gasteiger partial charge in [-0.1, -0.05) is 50.6 Å². The summed E-state index contributed by atoms with van der Waals surface area (Å²) in [5.74, 6) is 0.716. The monoisotopic (exact) mass is 609 g/mol. The lowest BCUT2D eigenvalue weighted by atomic mass is 9.97. The number of nitrogens with zero attached hydrogens (tertiary/aromatic N) is 1. The summed E-state index contributed by atoms with van der Waals surface area (Å²) in [6, 6.07) is 17.2. The molecular formula is C28H21Br2NO5. The molecule has 1 atom stereocenters. The maximum absolute atomic E-state index is 13.8. The topological polar surface area (TPSA) is 69.0 Å². The van der Waals surface area contributed by atoms with E-state index in [0.29, 0.717) is 46.9 Å². The molecule has 2 heterocycles. The second-order valence-corrected chi connectivity index (χ2v) is 9.94. The fourth-order valence-corrected chi connectivity index (χ4v) is 4.98. The molecule has 0 fully saturated rings. The number of fused-ring (bicyclic) bond motifs is 2. The summed E-state index contributed by atoms with van der Waals surface area (Å²) < 4.78 is 19.3. The Labute approximate surface area is 224 Å². The largest absolute Gasteiger partial charge is 0.490 e. The molecule has 1 unspecified atom stereocenters. The number of anilines is 1. The number of hydrogen-bond acceptors (Lipinski definition) is 5. The molecule has 1 amide bonds. The lowest BCUT2D eigenvalue weighted by molar-refractivity contribution is 0.0971. The van der Waals surface area contributed by atoms with Gasteiger partial charge >= 0.3 is 0 Å². The third-order valence-electron chi connectivity index (χ3n) is 5.88. The number of rotatable bonds is 7. The summed E-state index contributed by atoms with van der Waals surface area (Å²) in [7, 11) is 0. The van der Waals surface area contributed by atoms with Crippen molar-refractivity contribution in [1.82, 2.24) is 0 Å². The van der Waals surface area contributed by atoms with Gasteiger partial charge in [0.15, 0.2) is 16.9 Å². The zero-order chi connectivity index (χ0) is 25.4. The zero-order valence-corrected chi connectivity index (χ0v) is 22.5. The lowest BCUT2D eigenvalue weighted by Gasteiger charge is -2.26. The van der Waals surface area contributed by atoms with Crippen molar-refractivity contribution in [3.8, 4) is 11.5 Å². The molecule has 0 saturated heterocycles. The van der Waals surface area contributed by atoms with Crippen molar-refractivity contribution in [2.45, 2.75) is 13.0 Å². The Kier molecular flexibility index (Phi) is 6.73. The Morgan fingerprint density at radius 1 is 0.972 bits per heavy atom. The second-order valence-electron chi connectivity index (χ2n) is 8.11. The Morgan fingerprint density at radius 3 is 2.44 bits per heavy atom. The summed E-state index contributed by atoms with van der Waals surface area (Å²) in [6.45, 7) is 6.32. The molecule has 0 aliphatic carbocycles. The maximum atomic E-state index is 13.8. The van der Waals surface area contributed by atoms with E-state index in [1.165, 1.54) is 0 Å². The van der Waals surface area contributed by atoms with Crippen LogP contribution in [0.5, 0.6) is 11.5 Å². The average Bonchev–Trinajstić information content (AvgIpc) is 3.17. The van der Waals surface area contributed by atoms with Crippen molar-refractivity contribution in [2.24, 2.45) is 0 Å². The van der Waals surface area contributed by atoms with Gasteiger partial charge in [-0.3, -0.25) is 14.5 Å². The third kappa shape index (κ3) is 4.24. The number of ether oxygens (including phenoxy) is 2. The van der Waals surface area contributed by atoms with Crippen molar-refractivity contribution in [3.63, 3.8) is 0 Å². The van der Waals surface area contributed by atoms with Crippen LogP contribution in [-0.4, -0.2) is 19.1 Å². The predicted octanol–water partition coefficient (Wildman–Crippen LogP) is 7.03. The molecule has 0 saturated carbocycles. The van der Waals surface area contributed by atoms with Gasteiger partial charge in [-0.05, 0) is 67.1 Å². The highest BCUT2D eigenvalue weighted by Gasteiger charge is 2.44. The summed E-state index contributed by atoms with van der Waals surface area (Å²) in [6.07, 6.45) is 1.65. The number of amides is 1. The van der Waals surface area contributed by atoms with Gasteiger partial charge in [0.1, 0.15) is 12.2 Å². The standard InChI is InChI=1S/C28H21Br2NO5/c1-3-13-35-22-11-5-16(14-23(22)34-4-2)25-24-26(32)20-15-18(30)8-12-21(20)36-27(24)28(33)31(25)19-9-6-17(29)7-10-19/h3,5-12,14-15,25H,1,4,13H2,2H3. The van der Waals surface area contributed by atoms with E-state index < -0.39 is 6.04 Å². The minimum atomic E-state index is -0.721. The molecule has 182 valence electrons. The van der Waals surface area contributed by atoms with Gasteiger partial charge in [0.2, 0.25) is 5.76 Å². The van der Waals surface area contributed by atoms with E-state index in [1.807, 2.05) is 43.3 Å². The van der Waals surface area contributed by atoms with Crippen molar-refractivity contribution >= 4 is 54.4 Å². The Morgan fingerprint density at radius 2 is 1.72 bits per heavy atom. The smallest absolute Gasteiger partial charge is 0.295 e. The van der Waals surface area contributed by atoms with E-state index in [1.54, 1.807) is 35.2 Å². The summed E-state index contributed by atoms with van der Waals surface area (Å²) in [4.78, 5) is 29.2. The Hall–Kier alpha value is -3.36. The first kappa shape index (κ1) is 24.3. The minimum Gasteiger partial charge on any atom is -0.490 e. The molecule has 0 radical (unpaired) electrons. The van der Waals surface area contributed by atoms with Gasteiger partial charge in [-0.15, -0.1) is 0 Å². The highest BCUT2D eigenvalue weighted by molar-refractivity contribution is 9.10. The van der Waals surface area contributed by atoms with Crippen LogP contribution in [0, 0.1) is 0 Å². The molecule has 4 aromatic rings. The summed E-state index contributed by atoms with van der Waals surface area (Å²) in [5, 5.41) is 0.398. The first-order valence-electron chi connectivity index (χ1n) is 11.3. The Balaban J connectivity index is 1.75. The molecule has 5 rings (SSSR count). The van der Waals surface area contributed by atoms with E-state index in [4.69, 9.17) is 13.9 Å². The summed E-state index contributed by atoms with van der Waals surface area (Å²) in [5.41, 5.74) is 1.72. The molecule has 1 aliphatic heterocycles. The molecule has 1 aliphatic rings. The average molecular weight is 611 g/mol. The highest BCUT2D eigenvalue weighted by atomic mass is 79.9. The zero-order valence-electron chi connectivity index (χ0n) is 19.3. The van der Waals surface area contributed by atoms with E-state index in [-0.39, 0.29) is 22.7 Å². The normalized spacial score (nSPS) is 14.7. The number of halogens is 2. The predicted molar refractivity (Wildman–Crippen MR) is 146 cm³/mol. The van der Waals surface area contributed by atoms with Gasteiger partial charge < -0.3 is 13.9 Å². The molecule has 8 heteroatoms. The molecule has 3 aromatic carbocycles. The van der Waals surface area contributed by atoms with Crippen LogP contribution in [0.25, 0.3) is 11.0 Å². The van der Waals surface area contributed by atoms with Crippen molar-refractivity contribution in [1.29, 1.82) is 0 Å². The Bertz CT molecular complexity index is 1540.